The van der Waals surface area contributed by atoms with Gasteiger partial charge in [0.05, 0.1) is 6.26 Å². The molecule has 0 N–H and O–H groups in total. The third kappa shape index (κ3) is 6.95. The van der Waals surface area contributed by atoms with E-state index in [1.807, 2.05) is 19.1 Å². The number of hydrogen-bond acceptors (Lipinski definition) is 9. The van der Waals surface area contributed by atoms with E-state index in [0.717, 1.165) is 11.8 Å². The summed E-state index contributed by atoms with van der Waals surface area (Å²) in [5.74, 6) is -0.736. The summed E-state index contributed by atoms with van der Waals surface area (Å²) in [5, 5.41) is 0. The molecule has 0 radical (unpaired) electrons. The molecule has 0 aromatic heterocycles. The lowest BCUT2D eigenvalue weighted by Gasteiger charge is -2.28. The smallest absolute Gasteiger partial charge is 0.303 e. The average Bonchev–Trinajstić information content (AvgIpc) is 2.84. The number of aryl methyl sites for hydroxylation is 1. The van der Waals surface area contributed by atoms with Crippen LogP contribution in [0.1, 0.15) is 19.4 Å². The zero-order chi connectivity index (χ0) is 21.8. The van der Waals surface area contributed by atoms with Crippen molar-refractivity contribution >= 4 is 38.0 Å². The Hall–Kier alpha value is -1.69. The maximum absolute atomic E-state index is 11.6. The minimum absolute atomic E-state index is 0.0506. The summed E-state index contributed by atoms with van der Waals surface area (Å²) in [6.45, 7) is 3.74. The van der Waals surface area contributed by atoms with Gasteiger partial charge in [-0.05, 0) is 35.0 Å². The summed E-state index contributed by atoms with van der Waals surface area (Å²) in [4.78, 5) is 23.2. The second-order valence-corrected chi connectivity index (χ2v) is 9.62. The molecule has 1 aromatic carbocycles. The van der Waals surface area contributed by atoms with E-state index >= 15 is 0 Å². The van der Waals surface area contributed by atoms with Gasteiger partial charge in [-0.25, -0.2) is 0 Å². The second kappa shape index (κ2) is 9.41. The van der Waals surface area contributed by atoms with Gasteiger partial charge in [-0.2, -0.15) is 8.42 Å². The molecule has 0 amide bonds. The number of rotatable bonds is 8. The Bertz CT molecular complexity index is 839. The maximum Gasteiger partial charge on any atom is 0.303 e. The van der Waals surface area contributed by atoms with Crippen LogP contribution in [0, 0.1) is 6.92 Å². The molecule has 0 aliphatic carbocycles. The number of halogens is 1. The molecule has 4 atom stereocenters. The lowest BCUT2D eigenvalue weighted by atomic mass is 10.1. The first kappa shape index (κ1) is 23.6. The average molecular weight is 495 g/mol. The second-order valence-electron chi connectivity index (χ2n) is 6.64. The fraction of sp³-hybridized carbons (Fsp3) is 0.556. The third-order valence-electron chi connectivity index (χ3n) is 3.94. The zero-order valence-electron chi connectivity index (χ0n) is 16.4. The molecule has 1 aliphatic heterocycles. The van der Waals surface area contributed by atoms with Gasteiger partial charge in [0.25, 0.3) is 10.1 Å². The SMILES string of the molecule is CC(=O)O[C@H]1[C@@H](OC(C)=O)C(Br)(COS(C)(=O)=O)O[C@@H]1COc1ccc(C)cc1. The fourth-order valence-electron chi connectivity index (χ4n) is 2.73. The van der Waals surface area contributed by atoms with Crippen molar-refractivity contribution in [3.63, 3.8) is 0 Å². The number of carbonyl (C=O) groups excluding carboxylic acids is 2. The molecule has 0 bridgehead atoms. The third-order valence-corrected chi connectivity index (χ3v) is 5.35. The summed E-state index contributed by atoms with van der Waals surface area (Å²) < 4.78 is 48.3. The summed E-state index contributed by atoms with van der Waals surface area (Å²) in [5.41, 5.74) is 1.06. The molecule has 29 heavy (non-hydrogen) atoms. The summed E-state index contributed by atoms with van der Waals surface area (Å²) in [6.07, 6.45) is -2.21. The predicted octanol–water partition coefficient (Wildman–Crippen LogP) is 1.70. The number of hydrogen-bond donors (Lipinski definition) is 0. The van der Waals surface area contributed by atoms with Crippen molar-refractivity contribution in [3.05, 3.63) is 29.8 Å². The molecule has 1 unspecified atom stereocenters. The lowest BCUT2D eigenvalue weighted by Crippen LogP contribution is -2.46. The van der Waals surface area contributed by atoms with Crippen molar-refractivity contribution in [3.8, 4) is 5.75 Å². The van der Waals surface area contributed by atoms with Gasteiger partial charge < -0.3 is 18.9 Å². The normalized spacial score (nSPS) is 26.7. The van der Waals surface area contributed by atoms with Gasteiger partial charge in [-0.1, -0.05) is 17.7 Å². The van der Waals surface area contributed by atoms with Crippen molar-refractivity contribution in [2.24, 2.45) is 0 Å². The highest BCUT2D eigenvalue weighted by atomic mass is 79.9. The molecule has 11 heteroatoms. The van der Waals surface area contributed by atoms with Crippen LogP contribution in [-0.4, -0.2) is 62.6 Å². The Morgan fingerprint density at radius 1 is 1.14 bits per heavy atom. The van der Waals surface area contributed by atoms with E-state index in [1.54, 1.807) is 12.1 Å². The maximum atomic E-state index is 11.6. The molecule has 9 nitrogen and oxygen atoms in total. The predicted molar refractivity (Wildman–Crippen MR) is 105 cm³/mol. The van der Waals surface area contributed by atoms with Gasteiger partial charge >= 0.3 is 11.9 Å². The van der Waals surface area contributed by atoms with Gasteiger partial charge in [0.15, 0.2) is 16.7 Å². The minimum Gasteiger partial charge on any atom is -0.491 e. The summed E-state index contributed by atoms with van der Waals surface area (Å²) in [7, 11) is -3.81. The Labute approximate surface area is 177 Å². The molecule has 0 spiro atoms. The molecule has 1 aromatic rings. The number of carbonyl (C=O) groups is 2. The van der Waals surface area contributed by atoms with Crippen molar-refractivity contribution in [1.29, 1.82) is 0 Å². The number of alkyl halides is 1. The van der Waals surface area contributed by atoms with E-state index in [2.05, 4.69) is 15.9 Å². The minimum atomic E-state index is -3.81. The number of ether oxygens (including phenoxy) is 4. The van der Waals surface area contributed by atoms with Gasteiger partial charge in [0.1, 0.15) is 25.1 Å². The lowest BCUT2D eigenvalue weighted by molar-refractivity contribution is -0.165. The van der Waals surface area contributed by atoms with Gasteiger partial charge in [0.2, 0.25) is 0 Å². The fourth-order valence-corrected chi connectivity index (χ4v) is 3.98. The Balaban J connectivity index is 2.25. The van der Waals surface area contributed by atoms with E-state index in [4.69, 9.17) is 23.1 Å². The molecule has 1 saturated heterocycles. The van der Waals surface area contributed by atoms with Crippen molar-refractivity contribution in [1.82, 2.24) is 0 Å². The van der Waals surface area contributed by atoms with E-state index in [0.29, 0.717) is 5.75 Å². The first-order chi connectivity index (χ1) is 13.4. The van der Waals surface area contributed by atoms with Crippen LogP contribution >= 0.6 is 15.9 Å². The van der Waals surface area contributed by atoms with Crippen LogP contribution in [-0.2, 0) is 38.1 Å². The molecule has 0 saturated carbocycles. The van der Waals surface area contributed by atoms with Crippen LogP contribution in [0.4, 0.5) is 0 Å². The summed E-state index contributed by atoms with van der Waals surface area (Å²) in [6, 6.07) is 7.27. The van der Waals surface area contributed by atoms with E-state index in [9.17, 15) is 18.0 Å². The van der Waals surface area contributed by atoms with Crippen LogP contribution in [0.2, 0.25) is 0 Å². The van der Waals surface area contributed by atoms with Gasteiger partial charge in [-0.3, -0.25) is 13.8 Å². The topological polar surface area (TPSA) is 114 Å². The highest BCUT2D eigenvalue weighted by Crippen LogP contribution is 2.41. The number of esters is 2. The van der Waals surface area contributed by atoms with Crippen molar-refractivity contribution in [2.75, 3.05) is 19.5 Å². The molecule has 1 aliphatic rings. The van der Waals surface area contributed by atoms with Crippen LogP contribution in [0.5, 0.6) is 5.75 Å². The van der Waals surface area contributed by atoms with Crippen molar-refractivity contribution in [2.45, 2.75) is 43.6 Å². The van der Waals surface area contributed by atoms with Crippen molar-refractivity contribution < 1.29 is 41.1 Å². The highest BCUT2D eigenvalue weighted by molar-refractivity contribution is 9.10. The van der Waals surface area contributed by atoms with Crippen LogP contribution in [0.25, 0.3) is 0 Å². The molecule has 1 heterocycles. The Morgan fingerprint density at radius 2 is 1.72 bits per heavy atom. The van der Waals surface area contributed by atoms with Gasteiger partial charge in [-0.15, -0.1) is 0 Å². The molecule has 1 fully saturated rings. The quantitative estimate of drug-likeness (QED) is 0.302. The Kier molecular flexibility index (Phi) is 7.66. The number of benzene rings is 1. The van der Waals surface area contributed by atoms with E-state index in [1.165, 1.54) is 13.8 Å². The first-order valence-electron chi connectivity index (χ1n) is 8.64. The molecule has 162 valence electrons. The van der Waals surface area contributed by atoms with Gasteiger partial charge in [0, 0.05) is 13.8 Å². The van der Waals surface area contributed by atoms with Crippen LogP contribution in [0.15, 0.2) is 24.3 Å². The van der Waals surface area contributed by atoms with E-state index in [-0.39, 0.29) is 6.61 Å². The van der Waals surface area contributed by atoms with E-state index < -0.39 is 51.5 Å². The summed E-state index contributed by atoms with van der Waals surface area (Å²) >= 11 is 3.26. The zero-order valence-corrected chi connectivity index (χ0v) is 18.8. The standard InChI is InChI=1S/C18H23BrO9S/c1-11-5-7-14(8-6-11)24-9-15-16(26-12(2)20)17(27-13(3)21)18(19,28-15)10-25-29(4,22)23/h5-8,15-17H,9-10H2,1-4H3/t15-,16-,17-,18?/m1/s1. The monoisotopic (exact) mass is 494 g/mol. The van der Waals surface area contributed by atoms with Crippen LogP contribution in [0.3, 0.4) is 0 Å². The largest absolute Gasteiger partial charge is 0.491 e. The molecular weight excluding hydrogens is 472 g/mol. The molecule has 2 rings (SSSR count). The Morgan fingerprint density at radius 3 is 2.24 bits per heavy atom. The molecular formula is C18H23BrO9S. The highest BCUT2D eigenvalue weighted by Gasteiger charge is 2.58. The van der Waals surface area contributed by atoms with Crippen LogP contribution < -0.4 is 4.74 Å². The first-order valence-corrected chi connectivity index (χ1v) is 11.3.